The van der Waals surface area contributed by atoms with E-state index in [1.165, 1.54) is 73.9 Å². The van der Waals surface area contributed by atoms with Crippen LogP contribution in [0.5, 0.6) is 11.5 Å². The van der Waals surface area contributed by atoms with E-state index in [1.54, 1.807) is 0 Å². The first-order valence-corrected chi connectivity index (χ1v) is 26.6. The fourth-order valence-corrected chi connectivity index (χ4v) is 18.6. The number of para-hydroxylation sites is 1. The average molecular weight is 914 g/mol. The Bertz CT molecular complexity index is 3860. The number of ether oxygens (including phenoxy) is 1. The normalized spacial score (nSPS) is 13.9. The molecule has 0 unspecified atom stereocenters. The van der Waals surface area contributed by atoms with E-state index < -0.39 is 13.5 Å². The molecule has 0 aliphatic carbocycles. The first-order valence-electron chi connectivity index (χ1n) is 23.7. The summed E-state index contributed by atoms with van der Waals surface area (Å²) < 4.78 is 9.78. The van der Waals surface area contributed by atoms with Crippen molar-refractivity contribution < 1.29 is 4.74 Å². The van der Waals surface area contributed by atoms with Crippen molar-refractivity contribution in [3.63, 3.8) is 0 Å². The number of anilines is 3. The molecule has 2 aliphatic rings. The van der Waals surface area contributed by atoms with Gasteiger partial charge in [0.05, 0.1) is 15.8 Å². The highest BCUT2D eigenvalue weighted by molar-refractivity contribution is 7.26. The molecule has 0 amide bonds. The summed E-state index contributed by atoms with van der Waals surface area (Å²) in [5, 5.41) is 10.6. The van der Waals surface area contributed by atoms with Crippen LogP contribution in [0.15, 0.2) is 261 Å². The molecule has 4 heteroatoms. The van der Waals surface area contributed by atoms with Crippen molar-refractivity contribution >= 4 is 88.2 Å². The first kappa shape index (κ1) is 39.8. The second-order valence-corrected chi connectivity index (χ2v) is 23.0. The molecule has 69 heavy (non-hydrogen) atoms. The van der Waals surface area contributed by atoms with E-state index in [0.717, 1.165) is 39.7 Å². The van der Waals surface area contributed by atoms with Crippen LogP contribution in [-0.4, -0.2) is 8.07 Å². The van der Waals surface area contributed by atoms with Crippen LogP contribution < -0.4 is 30.4 Å². The maximum absolute atomic E-state index is 7.26. The van der Waals surface area contributed by atoms with Gasteiger partial charge in [0, 0.05) is 44.0 Å². The Kier molecular flexibility index (Phi) is 9.03. The maximum atomic E-state index is 7.26. The van der Waals surface area contributed by atoms with Crippen molar-refractivity contribution in [1.82, 2.24) is 0 Å². The SMILES string of the molecule is c1ccc([Si]2(c3ccccc3)c3ccccc3C3(c4ccccc4Oc4cc(N(c5ccc(-c6cccc7ccccc67)cc5)c5cccc6c5sc5ccccc56)ccc43)c3ccccc32)cc1. The summed E-state index contributed by atoms with van der Waals surface area (Å²) in [6.07, 6.45) is 0. The molecule has 2 aliphatic heterocycles. The van der Waals surface area contributed by atoms with Gasteiger partial charge in [-0.25, -0.2) is 0 Å². The Labute approximate surface area is 406 Å². The summed E-state index contributed by atoms with van der Waals surface area (Å²) >= 11 is 1.86. The number of hydrogen-bond acceptors (Lipinski definition) is 3. The predicted octanol–water partition coefficient (Wildman–Crippen LogP) is 14.5. The summed E-state index contributed by atoms with van der Waals surface area (Å²) in [6.45, 7) is 0. The number of hydrogen-bond donors (Lipinski definition) is 0. The van der Waals surface area contributed by atoms with E-state index >= 15 is 0 Å². The van der Waals surface area contributed by atoms with Crippen molar-refractivity contribution in [2.75, 3.05) is 4.90 Å². The number of nitrogens with zero attached hydrogens (tertiary/aromatic N) is 1. The third-order valence-corrected chi connectivity index (χ3v) is 21.0. The fourth-order valence-electron chi connectivity index (χ4n) is 12.1. The molecule has 12 aromatic rings. The van der Waals surface area contributed by atoms with Crippen molar-refractivity contribution in [2.24, 2.45) is 0 Å². The minimum Gasteiger partial charge on any atom is -0.457 e. The minimum absolute atomic E-state index is 0.674. The highest BCUT2D eigenvalue weighted by Gasteiger charge is 2.57. The van der Waals surface area contributed by atoms with Crippen molar-refractivity contribution in [1.29, 1.82) is 0 Å². The molecule has 1 spiro atoms. The minimum atomic E-state index is -2.88. The zero-order valence-corrected chi connectivity index (χ0v) is 39.4. The third kappa shape index (κ3) is 5.77. The van der Waals surface area contributed by atoms with Gasteiger partial charge in [-0.3, -0.25) is 0 Å². The topological polar surface area (TPSA) is 12.5 Å². The van der Waals surface area contributed by atoms with Gasteiger partial charge in [-0.2, -0.15) is 0 Å². The fraction of sp³-hybridized carbons (Fsp3) is 0.0154. The van der Waals surface area contributed by atoms with Crippen LogP contribution in [0.2, 0.25) is 0 Å². The van der Waals surface area contributed by atoms with Gasteiger partial charge in [0.2, 0.25) is 0 Å². The largest absolute Gasteiger partial charge is 0.457 e. The third-order valence-electron chi connectivity index (χ3n) is 14.9. The van der Waals surface area contributed by atoms with Gasteiger partial charge in [-0.15, -0.1) is 11.3 Å². The molecular weight excluding hydrogens is 871 g/mol. The van der Waals surface area contributed by atoms with Gasteiger partial charge in [-0.05, 0) is 90.2 Å². The van der Waals surface area contributed by atoms with Crippen LogP contribution in [0, 0.1) is 0 Å². The quantitative estimate of drug-likeness (QED) is 0.154. The van der Waals surface area contributed by atoms with Crippen LogP contribution in [-0.2, 0) is 5.41 Å². The predicted molar refractivity (Wildman–Crippen MR) is 293 cm³/mol. The molecule has 0 N–H and O–H groups in total. The summed E-state index contributed by atoms with van der Waals surface area (Å²) in [5.41, 5.74) is 9.88. The van der Waals surface area contributed by atoms with Gasteiger partial charge >= 0.3 is 0 Å². The summed E-state index contributed by atoms with van der Waals surface area (Å²) in [6, 6.07) is 96.9. The Balaban J connectivity index is 1.02. The first-order chi connectivity index (χ1) is 34.2. The van der Waals surface area contributed by atoms with Crippen LogP contribution in [0.3, 0.4) is 0 Å². The van der Waals surface area contributed by atoms with E-state index in [1.807, 2.05) is 11.3 Å². The van der Waals surface area contributed by atoms with Gasteiger partial charge in [-0.1, -0.05) is 218 Å². The second-order valence-electron chi connectivity index (χ2n) is 18.3. The Morgan fingerprint density at radius 3 is 1.68 bits per heavy atom. The summed E-state index contributed by atoms with van der Waals surface area (Å²) in [5.74, 6) is 1.73. The molecular formula is C65H43NOSSi. The van der Waals surface area contributed by atoms with Gasteiger partial charge in [0.1, 0.15) is 11.5 Å². The molecule has 14 rings (SSSR count). The molecule has 0 atom stereocenters. The number of fused-ring (bicyclic) bond motifs is 12. The van der Waals surface area contributed by atoms with E-state index in [2.05, 4.69) is 266 Å². The highest BCUT2D eigenvalue weighted by atomic mass is 32.1. The second kappa shape index (κ2) is 15.6. The zero-order valence-electron chi connectivity index (χ0n) is 37.6. The molecule has 11 aromatic carbocycles. The Morgan fingerprint density at radius 2 is 0.942 bits per heavy atom. The lowest BCUT2D eigenvalue weighted by molar-refractivity contribution is 0.435. The number of benzene rings is 11. The Hall–Kier alpha value is -8.28. The molecule has 0 fully saturated rings. The summed E-state index contributed by atoms with van der Waals surface area (Å²) in [4.78, 5) is 2.44. The lowest BCUT2D eigenvalue weighted by atomic mass is 9.63. The van der Waals surface area contributed by atoms with Crippen LogP contribution >= 0.6 is 11.3 Å². The molecule has 0 radical (unpaired) electrons. The molecule has 0 saturated carbocycles. The molecule has 324 valence electrons. The smallest absolute Gasteiger partial charge is 0.180 e. The number of rotatable bonds is 6. The Morgan fingerprint density at radius 1 is 0.391 bits per heavy atom. The van der Waals surface area contributed by atoms with E-state index in [9.17, 15) is 0 Å². The summed E-state index contributed by atoms with van der Waals surface area (Å²) in [7, 11) is -2.88. The van der Waals surface area contributed by atoms with Gasteiger partial charge in [0.25, 0.3) is 0 Å². The maximum Gasteiger partial charge on any atom is 0.180 e. The molecule has 0 bridgehead atoms. The highest BCUT2D eigenvalue weighted by Crippen LogP contribution is 2.57. The van der Waals surface area contributed by atoms with E-state index in [0.29, 0.717) is 0 Å². The lowest BCUT2D eigenvalue weighted by Crippen LogP contribution is -2.79. The zero-order chi connectivity index (χ0) is 45.5. The average Bonchev–Trinajstić information content (AvgIpc) is 3.81. The van der Waals surface area contributed by atoms with Crippen molar-refractivity contribution in [3.8, 4) is 22.6 Å². The van der Waals surface area contributed by atoms with Crippen LogP contribution in [0.4, 0.5) is 17.1 Å². The standard InChI is InChI=1S/C65H43NOSSi/c1-3-21-48(22-4-1)69(49-23-5-2-6-24-49)62-35-15-11-30-56(62)65(57-31-12-16-36-63(57)69)54-29-10-13-33-59(54)67-60-43-47(41-42-55(60)65)66(58-32-18-28-53-52-26-9-14-34-61(52)68-64(53)58)46-39-37-45(38-40-46)51-27-17-20-44-19-7-8-25-50(44)51/h1-43H. The molecule has 0 saturated heterocycles. The number of thiophene rings is 1. The van der Waals surface area contributed by atoms with Crippen molar-refractivity contribution in [3.05, 3.63) is 283 Å². The lowest BCUT2D eigenvalue weighted by Gasteiger charge is -2.51. The monoisotopic (exact) mass is 913 g/mol. The molecule has 3 heterocycles. The van der Waals surface area contributed by atoms with Gasteiger partial charge in [0.15, 0.2) is 8.07 Å². The van der Waals surface area contributed by atoms with Crippen LogP contribution in [0.1, 0.15) is 22.3 Å². The van der Waals surface area contributed by atoms with Crippen molar-refractivity contribution in [2.45, 2.75) is 5.41 Å². The van der Waals surface area contributed by atoms with E-state index in [4.69, 9.17) is 4.74 Å². The van der Waals surface area contributed by atoms with E-state index in [-0.39, 0.29) is 0 Å². The molecule has 2 nitrogen and oxygen atoms in total. The van der Waals surface area contributed by atoms with Gasteiger partial charge < -0.3 is 9.64 Å². The van der Waals surface area contributed by atoms with Crippen LogP contribution in [0.25, 0.3) is 42.1 Å². The molecule has 1 aromatic heterocycles.